The molecule has 3 aromatic rings. The number of nitrogens with zero attached hydrogens (tertiary/aromatic N) is 1. The predicted octanol–water partition coefficient (Wildman–Crippen LogP) is 5.05. The van der Waals surface area contributed by atoms with E-state index in [0.717, 1.165) is 11.1 Å². The number of anilines is 1. The van der Waals surface area contributed by atoms with Gasteiger partial charge in [0.1, 0.15) is 11.4 Å². The molecule has 2 amide bonds. The fourth-order valence-electron chi connectivity index (χ4n) is 3.41. The Morgan fingerprint density at radius 2 is 1.52 bits per heavy atom. The average Bonchev–Trinajstić information content (AvgIpc) is 3.00. The van der Waals surface area contributed by atoms with Crippen molar-refractivity contribution >= 4 is 34.7 Å². The van der Waals surface area contributed by atoms with Gasteiger partial charge in [0.05, 0.1) is 19.2 Å². The maximum absolute atomic E-state index is 13.3. The number of aryl methyl sites for hydroxylation is 1. The Bertz CT molecular complexity index is 1150. The largest absolute Gasteiger partial charge is 0.497 e. The molecule has 0 bridgehead atoms. The Morgan fingerprint density at radius 1 is 0.871 bits per heavy atom. The first-order valence-corrected chi connectivity index (χ1v) is 10.2. The second-order valence-electron chi connectivity index (χ2n) is 7.29. The van der Waals surface area contributed by atoms with E-state index in [0.29, 0.717) is 27.6 Å². The lowest BCUT2D eigenvalue weighted by Gasteiger charge is -2.15. The molecular formula is C25H21ClN2O3. The third kappa shape index (κ3) is 4.32. The van der Waals surface area contributed by atoms with Gasteiger partial charge in [-0.15, -0.1) is 0 Å². The van der Waals surface area contributed by atoms with Crippen molar-refractivity contribution < 1.29 is 14.3 Å². The van der Waals surface area contributed by atoms with Crippen molar-refractivity contribution in [3.8, 4) is 5.75 Å². The molecule has 31 heavy (non-hydrogen) atoms. The molecule has 0 saturated carbocycles. The Morgan fingerprint density at radius 3 is 2.13 bits per heavy atom. The molecule has 0 radical (unpaired) electrons. The van der Waals surface area contributed by atoms with Crippen molar-refractivity contribution in [2.75, 3.05) is 12.4 Å². The monoisotopic (exact) mass is 432 g/mol. The normalized spacial score (nSPS) is 13.7. The van der Waals surface area contributed by atoms with Crippen LogP contribution >= 0.6 is 11.6 Å². The topological polar surface area (TPSA) is 58.6 Å². The molecule has 1 aliphatic heterocycles. The summed E-state index contributed by atoms with van der Waals surface area (Å²) in [5.41, 5.74) is 3.89. The molecule has 0 spiro atoms. The van der Waals surface area contributed by atoms with Gasteiger partial charge in [0.15, 0.2) is 0 Å². The van der Waals surface area contributed by atoms with E-state index in [4.69, 9.17) is 16.3 Å². The van der Waals surface area contributed by atoms with Gasteiger partial charge in [0, 0.05) is 10.7 Å². The van der Waals surface area contributed by atoms with E-state index in [1.54, 1.807) is 43.5 Å². The molecule has 1 aliphatic rings. The van der Waals surface area contributed by atoms with Crippen LogP contribution in [0.15, 0.2) is 78.5 Å². The van der Waals surface area contributed by atoms with Crippen LogP contribution in [-0.2, 0) is 16.1 Å². The lowest BCUT2D eigenvalue weighted by molar-refractivity contribution is -0.137. The van der Waals surface area contributed by atoms with E-state index in [-0.39, 0.29) is 24.1 Å². The van der Waals surface area contributed by atoms with E-state index in [2.05, 4.69) is 5.32 Å². The number of halogens is 1. The van der Waals surface area contributed by atoms with Crippen LogP contribution in [-0.4, -0.2) is 23.8 Å². The van der Waals surface area contributed by atoms with Crippen LogP contribution in [0, 0.1) is 6.92 Å². The second kappa shape index (κ2) is 8.66. The summed E-state index contributed by atoms with van der Waals surface area (Å²) < 4.78 is 5.19. The van der Waals surface area contributed by atoms with Crippen LogP contribution in [0.3, 0.4) is 0 Å². The van der Waals surface area contributed by atoms with Crippen LogP contribution in [0.2, 0.25) is 5.02 Å². The summed E-state index contributed by atoms with van der Waals surface area (Å²) in [7, 11) is 1.59. The van der Waals surface area contributed by atoms with Crippen LogP contribution in [0.1, 0.15) is 16.7 Å². The van der Waals surface area contributed by atoms with Gasteiger partial charge in [-0.1, -0.05) is 53.6 Å². The smallest absolute Gasteiger partial charge is 0.278 e. The van der Waals surface area contributed by atoms with Crippen molar-refractivity contribution in [3.63, 3.8) is 0 Å². The number of rotatable bonds is 6. The summed E-state index contributed by atoms with van der Waals surface area (Å²) in [6, 6.07) is 21.9. The number of imide groups is 1. The second-order valence-corrected chi connectivity index (χ2v) is 7.73. The Kier molecular flexibility index (Phi) is 5.78. The number of methoxy groups -OCH3 is 1. The van der Waals surface area contributed by atoms with Crippen molar-refractivity contribution in [1.29, 1.82) is 0 Å². The number of amides is 2. The van der Waals surface area contributed by atoms with Gasteiger partial charge in [-0.25, -0.2) is 0 Å². The molecule has 0 aliphatic carbocycles. The van der Waals surface area contributed by atoms with Gasteiger partial charge in [-0.3, -0.25) is 14.5 Å². The maximum atomic E-state index is 13.3. The molecular weight excluding hydrogens is 412 g/mol. The molecule has 5 nitrogen and oxygen atoms in total. The van der Waals surface area contributed by atoms with Gasteiger partial charge in [-0.2, -0.15) is 0 Å². The first-order chi connectivity index (χ1) is 15.0. The minimum absolute atomic E-state index is 0.165. The van der Waals surface area contributed by atoms with Gasteiger partial charge < -0.3 is 10.1 Å². The molecule has 156 valence electrons. The molecule has 4 rings (SSSR count). The molecule has 0 saturated heterocycles. The summed E-state index contributed by atoms with van der Waals surface area (Å²) >= 11 is 5.96. The lowest BCUT2D eigenvalue weighted by atomic mass is 10.0. The number of hydrogen-bond acceptors (Lipinski definition) is 4. The van der Waals surface area contributed by atoms with E-state index < -0.39 is 0 Å². The number of hydrogen-bond donors (Lipinski definition) is 1. The fraction of sp³-hybridized carbons (Fsp3) is 0.120. The molecule has 0 aromatic heterocycles. The molecule has 0 unspecified atom stereocenters. The van der Waals surface area contributed by atoms with E-state index in [1.807, 2.05) is 43.3 Å². The van der Waals surface area contributed by atoms with Gasteiger partial charge in [0.2, 0.25) is 0 Å². The Hall–Kier alpha value is -3.57. The third-order valence-corrected chi connectivity index (χ3v) is 5.37. The zero-order valence-corrected chi connectivity index (χ0v) is 17.9. The van der Waals surface area contributed by atoms with Crippen molar-refractivity contribution in [2.24, 2.45) is 0 Å². The van der Waals surface area contributed by atoms with Crippen molar-refractivity contribution in [1.82, 2.24) is 4.90 Å². The number of ether oxygens (including phenoxy) is 1. The quantitative estimate of drug-likeness (QED) is 0.554. The first-order valence-electron chi connectivity index (χ1n) is 9.79. The zero-order valence-electron chi connectivity index (χ0n) is 17.2. The Labute approximate surface area is 185 Å². The van der Waals surface area contributed by atoms with Crippen molar-refractivity contribution in [3.05, 3.63) is 100 Å². The first kappa shape index (κ1) is 20.7. The highest BCUT2D eigenvalue weighted by molar-refractivity contribution is 6.36. The van der Waals surface area contributed by atoms with Crippen molar-refractivity contribution in [2.45, 2.75) is 13.5 Å². The van der Waals surface area contributed by atoms with Crippen LogP contribution < -0.4 is 10.1 Å². The highest BCUT2D eigenvalue weighted by atomic mass is 35.5. The lowest BCUT2D eigenvalue weighted by Crippen LogP contribution is -2.32. The summed E-state index contributed by atoms with van der Waals surface area (Å²) in [4.78, 5) is 27.9. The summed E-state index contributed by atoms with van der Waals surface area (Å²) in [6.07, 6.45) is 0. The number of carbonyl (C=O) groups is 2. The van der Waals surface area contributed by atoms with Gasteiger partial charge in [-0.05, 0) is 54.4 Å². The standard InChI is InChI=1S/C25H21ClN2O3/c1-16-3-7-18(8-4-16)22-23(27-20-11-13-21(31-2)14-12-20)25(30)28(24(22)29)15-17-5-9-19(26)10-6-17/h3-14,27H,15H2,1-2H3. The van der Waals surface area contributed by atoms with Crippen LogP contribution in [0.5, 0.6) is 5.75 Å². The van der Waals surface area contributed by atoms with Crippen LogP contribution in [0.4, 0.5) is 5.69 Å². The number of carbonyl (C=O) groups excluding carboxylic acids is 2. The minimum atomic E-state index is -0.369. The summed E-state index contributed by atoms with van der Waals surface area (Å²) in [5, 5.41) is 3.75. The summed E-state index contributed by atoms with van der Waals surface area (Å²) in [6.45, 7) is 2.14. The molecule has 6 heteroatoms. The fourth-order valence-corrected chi connectivity index (χ4v) is 3.54. The van der Waals surface area contributed by atoms with E-state index in [1.165, 1.54) is 4.90 Å². The minimum Gasteiger partial charge on any atom is -0.497 e. The van der Waals surface area contributed by atoms with E-state index >= 15 is 0 Å². The highest BCUT2D eigenvalue weighted by Crippen LogP contribution is 2.32. The molecule has 3 aromatic carbocycles. The number of benzene rings is 3. The molecule has 1 heterocycles. The number of nitrogens with one attached hydrogen (secondary N) is 1. The maximum Gasteiger partial charge on any atom is 0.278 e. The Balaban J connectivity index is 1.71. The summed E-state index contributed by atoms with van der Waals surface area (Å²) in [5.74, 6) is 0.00244. The average molecular weight is 433 g/mol. The SMILES string of the molecule is COc1ccc(NC2=C(c3ccc(C)cc3)C(=O)N(Cc3ccc(Cl)cc3)C2=O)cc1. The third-order valence-electron chi connectivity index (χ3n) is 5.12. The van der Waals surface area contributed by atoms with Gasteiger partial charge >= 0.3 is 0 Å². The van der Waals surface area contributed by atoms with Crippen LogP contribution in [0.25, 0.3) is 5.57 Å². The highest BCUT2D eigenvalue weighted by Gasteiger charge is 2.39. The van der Waals surface area contributed by atoms with Gasteiger partial charge in [0.25, 0.3) is 11.8 Å². The predicted molar refractivity (Wildman–Crippen MR) is 122 cm³/mol. The zero-order chi connectivity index (χ0) is 22.0. The van der Waals surface area contributed by atoms with E-state index in [9.17, 15) is 9.59 Å². The molecule has 1 N–H and O–H groups in total. The molecule has 0 atom stereocenters. The molecule has 0 fully saturated rings.